The number of hydrogen-bond donors (Lipinski definition) is 2. The van der Waals surface area contributed by atoms with E-state index < -0.39 is 5.97 Å². The van der Waals surface area contributed by atoms with E-state index in [0.29, 0.717) is 0 Å². The molecule has 0 aliphatic rings. The van der Waals surface area contributed by atoms with Crippen molar-refractivity contribution in [3.63, 3.8) is 0 Å². The Morgan fingerprint density at radius 2 is 2.38 bits per heavy atom. The van der Waals surface area contributed by atoms with Crippen LogP contribution in [0.5, 0.6) is 0 Å². The first-order chi connectivity index (χ1) is 4.20. The standard InChI is InChI=1S/C4H6O3S/c5-3(2-8)1-4(6)7/h8H,1-2H2,(H,6,7)/i/hD. The smallest absolute Gasteiger partial charge is 0.310 e. The Kier molecular flexibility index (Phi) is 2.45. The molecule has 0 unspecified atom stereocenters. The quantitative estimate of drug-likeness (QED) is 0.421. The van der Waals surface area contributed by atoms with E-state index in [0.717, 1.165) is 0 Å². The van der Waals surface area contributed by atoms with E-state index in [9.17, 15) is 9.59 Å². The summed E-state index contributed by atoms with van der Waals surface area (Å²) in [6.07, 6.45) is -0.354. The van der Waals surface area contributed by atoms with Gasteiger partial charge in [0, 0.05) is 5.75 Å². The molecule has 0 bridgehead atoms. The maximum Gasteiger partial charge on any atom is 0.310 e. The molecule has 0 heterocycles. The summed E-state index contributed by atoms with van der Waals surface area (Å²) in [6, 6.07) is 0. The van der Waals surface area contributed by atoms with Crippen LogP contribution in [-0.2, 0) is 9.59 Å². The molecule has 0 saturated heterocycles. The molecular formula is C4H6O3S. The van der Waals surface area contributed by atoms with Gasteiger partial charge in [0.05, 0.1) is 0 Å². The van der Waals surface area contributed by atoms with Gasteiger partial charge in [-0.15, -0.1) is 0 Å². The SMILES string of the molecule is [2H]OC(=O)CC(=O)CS. The molecule has 1 N–H and O–H groups in total. The number of aliphatic carboxylic acids is 1. The molecule has 0 rings (SSSR count). The second-order valence-electron chi connectivity index (χ2n) is 1.25. The fourth-order valence-corrected chi connectivity index (χ4v) is 0.329. The Hall–Kier alpha value is -0.510. The van der Waals surface area contributed by atoms with Gasteiger partial charge in [0.15, 0.2) is 5.78 Å². The molecule has 4 heteroatoms. The van der Waals surface area contributed by atoms with Crippen LogP contribution in [0.4, 0.5) is 0 Å². The first-order valence-electron chi connectivity index (χ1n) is 2.40. The highest BCUT2D eigenvalue weighted by Gasteiger charge is 2.03. The van der Waals surface area contributed by atoms with Crippen molar-refractivity contribution in [2.75, 3.05) is 5.75 Å². The van der Waals surface area contributed by atoms with E-state index in [2.05, 4.69) is 17.7 Å². The minimum Gasteiger partial charge on any atom is -0.481 e. The lowest BCUT2D eigenvalue weighted by atomic mass is 10.3. The normalized spacial score (nSPS) is 9.88. The third-order valence-corrected chi connectivity index (χ3v) is 0.871. The predicted molar refractivity (Wildman–Crippen MR) is 31.1 cm³/mol. The third-order valence-electron chi connectivity index (χ3n) is 0.518. The summed E-state index contributed by atoms with van der Waals surface area (Å²) in [5, 5.41) is 3.48. The topological polar surface area (TPSA) is 54.4 Å². The molecule has 0 saturated carbocycles. The van der Waals surface area contributed by atoms with E-state index in [1.165, 1.54) is 0 Å². The third kappa shape index (κ3) is 3.67. The first-order valence-corrected chi connectivity index (χ1v) is 2.62. The highest BCUT2D eigenvalue weighted by Crippen LogP contribution is 1.84. The Labute approximate surface area is 53.6 Å². The highest BCUT2D eigenvalue weighted by atomic mass is 32.1. The van der Waals surface area contributed by atoms with Crippen molar-refractivity contribution < 1.29 is 14.7 Å². The lowest BCUT2D eigenvalue weighted by molar-refractivity contribution is -0.139. The van der Waals surface area contributed by atoms with Gasteiger partial charge in [-0.3, -0.25) is 9.59 Å². The van der Waals surface area contributed by atoms with Crippen LogP contribution in [-0.4, -0.2) is 22.6 Å². The summed E-state index contributed by atoms with van der Waals surface area (Å²) in [5.41, 5.74) is 0. The van der Waals surface area contributed by atoms with Gasteiger partial charge >= 0.3 is 5.97 Å². The number of carboxylic acid groups (broad SMARTS) is 1. The Balaban J connectivity index is 3.47. The van der Waals surface area contributed by atoms with Crippen molar-refractivity contribution >= 4 is 24.4 Å². The second kappa shape index (κ2) is 3.49. The molecule has 0 radical (unpaired) electrons. The zero-order valence-electron chi connectivity index (χ0n) is 5.09. The fourth-order valence-electron chi connectivity index (χ4n) is 0.217. The van der Waals surface area contributed by atoms with Crippen LogP contribution in [0.15, 0.2) is 0 Å². The lowest BCUT2D eigenvalue weighted by Crippen LogP contribution is -2.06. The molecule has 0 aromatic carbocycles. The van der Waals surface area contributed by atoms with Crippen LogP contribution in [0.1, 0.15) is 6.42 Å². The van der Waals surface area contributed by atoms with E-state index in [-0.39, 0.29) is 18.0 Å². The molecule has 0 aliphatic heterocycles. The van der Waals surface area contributed by atoms with Gasteiger partial charge in [-0.25, -0.2) is 0 Å². The number of Topliss-reactive ketones (excluding diaryl/α,β-unsaturated/α-hetero) is 1. The number of ketones is 1. The van der Waals surface area contributed by atoms with Crippen molar-refractivity contribution in [2.45, 2.75) is 6.42 Å². The van der Waals surface area contributed by atoms with Gasteiger partial charge in [-0.05, 0) is 0 Å². The summed E-state index contributed by atoms with van der Waals surface area (Å²) in [6.45, 7) is 0. The number of thiol groups is 1. The summed E-state index contributed by atoms with van der Waals surface area (Å²) in [4.78, 5) is 20.4. The number of carbonyl (C=O) groups excluding carboxylic acids is 1. The average molecular weight is 135 g/mol. The Bertz CT molecular complexity index is 111. The molecule has 0 fully saturated rings. The summed E-state index contributed by atoms with van der Waals surface area (Å²) in [7, 11) is 0. The Morgan fingerprint density at radius 1 is 1.75 bits per heavy atom. The minimum absolute atomic E-state index is 0.00903. The second-order valence-corrected chi connectivity index (χ2v) is 1.56. The van der Waals surface area contributed by atoms with Crippen molar-refractivity contribution in [1.82, 2.24) is 0 Å². The fraction of sp³-hybridized carbons (Fsp3) is 0.500. The van der Waals surface area contributed by atoms with E-state index in [4.69, 9.17) is 1.43 Å². The van der Waals surface area contributed by atoms with E-state index >= 15 is 0 Å². The predicted octanol–water partition coefficient (Wildman–Crippen LogP) is -0.0400. The van der Waals surface area contributed by atoms with Crippen LogP contribution < -0.4 is 0 Å². The van der Waals surface area contributed by atoms with Gasteiger partial charge in [0.2, 0.25) is 0 Å². The van der Waals surface area contributed by atoms with Crippen LogP contribution in [0.2, 0.25) is 0 Å². The molecule has 0 amide bonds. The van der Waals surface area contributed by atoms with Crippen molar-refractivity contribution in [1.29, 1.82) is 1.43 Å². The summed E-state index contributed by atoms with van der Waals surface area (Å²) in [5.74, 6) is -1.17. The number of carbonyl (C=O) groups is 2. The highest BCUT2D eigenvalue weighted by molar-refractivity contribution is 7.81. The average Bonchev–Trinajstić information content (AvgIpc) is 1.87. The number of carboxylic acids is 1. The van der Waals surface area contributed by atoms with Crippen molar-refractivity contribution in [3.8, 4) is 0 Å². The lowest BCUT2D eigenvalue weighted by Gasteiger charge is -1.86. The van der Waals surface area contributed by atoms with E-state index in [1.54, 1.807) is 0 Å². The van der Waals surface area contributed by atoms with Gasteiger partial charge in [0.25, 0.3) is 1.43 Å². The maximum absolute atomic E-state index is 10.3. The molecule has 0 aromatic rings. The van der Waals surface area contributed by atoms with Gasteiger partial charge in [-0.2, -0.15) is 12.6 Å². The molecule has 0 spiro atoms. The molecule has 0 aromatic heterocycles. The maximum atomic E-state index is 10.3. The monoisotopic (exact) mass is 135 g/mol. The molecule has 0 aliphatic carbocycles. The van der Waals surface area contributed by atoms with E-state index in [1.807, 2.05) is 0 Å². The minimum atomic E-state index is -0.839. The van der Waals surface area contributed by atoms with Gasteiger partial charge in [-0.1, -0.05) is 0 Å². The molecule has 0 atom stereocenters. The summed E-state index contributed by atoms with van der Waals surface area (Å²) >= 11 is 3.61. The molecule has 3 nitrogen and oxygen atoms in total. The largest absolute Gasteiger partial charge is 0.481 e. The van der Waals surface area contributed by atoms with Gasteiger partial charge < -0.3 is 5.11 Å². The van der Waals surface area contributed by atoms with Crippen LogP contribution in [0.3, 0.4) is 0 Å². The van der Waals surface area contributed by atoms with Crippen molar-refractivity contribution in [3.05, 3.63) is 0 Å². The number of rotatable bonds is 3. The zero-order valence-corrected chi connectivity index (χ0v) is 4.98. The van der Waals surface area contributed by atoms with Crippen LogP contribution in [0, 0.1) is 0 Å². The number of hydrogen-bond acceptors (Lipinski definition) is 4. The van der Waals surface area contributed by atoms with Crippen molar-refractivity contribution in [2.24, 2.45) is 0 Å². The molecular weight excluding hydrogens is 128 g/mol. The zero-order chi connectivity index (χ0) is 7.28. The summed E-state index contributed by atoms with van der Waals surface area (Å²) < 4.78 is 6.05. The first kappa shape index (κ1) is 5.62. The molecule has 8 heavy (non-hydrogen) atoms. The molecule has 46 valence electrons. The Morgan fingerprint density at radius 3 is 2.75 bits per heavy atom. The van der Waals surface area contributed by atoms with Crippen LogP contribution in [0.25, 0.3) is 1.43 Å². The van der Waals surface area contributed by atoms with Gasteiger partial charge in [0.1, 0.15) is 6.42 Å². The van der Waals surface area contributed by atoms with Crippen LogP contribution >= 0.6 is 12.6 Å².